The summed E-state index contributed by atoms with van der Waals surface area (Å²) in [5.74, 6) is -0.765. The first kappa shape index (κ1) is 33.8. The highest BCUT2D eigenvalue weighted by molar-refractivity contribution is 7.98. The molecule has 236 valence electrons. The predicted octanol–water partition coefficient (Wildman–Crippen LogP) is 6.47. The summed E-state index contributed by atoms with van der Waals surface area (Å²) in [5, 5.41) is 3.06. The number of nitrogens with one attached hydrogen (secondary N) is 1. The second kappa shape index (κ2) is 15.8. The Balaban J connectivity index is 1.79. The lowest BCUT2D eigenvalue weighted by Crippen LogP contribution is -2.54. The molecule has 4 aromatic carbocycles. The first-order chi connectivity index (χ1) is 21.6. The number of hydrogen-bond donors (Lipinski definition) is 1. The Labute approximate surface area is 271 Å². The number of nitrogens with zero attached hydrogens (tertiary/aromatic N) is 2. The van der Waals surface area contributed by atoms with E-state index in [4.69, 9.17) is 0 Å². The SMILES string of the molecule is CC[C@@H](C)NC(=O)[C@H](Cc1ccccc1)N(Cc1ccccc1)C(=O)CN(c1ccc(C)cc1)S(=O)(=O)c1ccc(SC)cc1. The summed E-state index contributed by atoms with van der Waals surface area (Å²) in [6.07, 6.45) is 2.92. The van der Waals surface area contributed by atoms with E-state index < -0.39 is 28.5 Å². The fourth-order valence-electron chi connectivity index (χ4n) is 4.89. The number of carbonyl (C=O) groups excluding carboxylic acids is 2. The number of anilines is 1. The molecule has 4 aromatic rings. The second-order valence-corrected chi connectivity index (χ2v) is 13.8. The van der Waals surface area contributed by atoms with Crippen LogP contribution in [0, 0.1) is 6.92 Å². The summed E-state index contributed by atoms with van der Waals surface area (Å²) in [5.41, 5.74) is 3.05. The Morgan fingerprint density at radius 1 is 0.822 bits per heavy atom. The molecule has 2 amide bonds. The van der Waals surface area contributed by atoms with Gasteiger partial charge in [0.25, 0.3) is 10.0 Å². The second-order valence-electron chi connectivity index (χ2n) is 11.1. The highest BCUT2D eigenvalue weighted by Gasteiger charge is 2.35. The van der Waals surface area contributed by atoms with E-state index in [9.17, 15) is 18.0 Å². The van der Waals surface area contributed by atoms with Crippen molar-refractivity contribution in [3.63, 3.8) is 0 Å². The van der Waals surface area contributed by atoms with Gasteiger partial charge in [0.15, 0.2) is 0 Å². The number of rotatable bonds is 14. The van der Waals surface area contributed by atoms with Crippen LogP contribution in [0.2, 0.25) is 0 Å². The van der Waals surface area contributed by atoms with Crippen molar-refractivity contribution in [3.8, 4) is 0 Å². The van der Waals surface area contributed by atoms with Crippen LogP contribution in [0.15, 0.2) is 119 Å². The quantitative estimate of drug-likeness (QED) is 0.159. The van der Waals surface area contributed by atoms with Gasteiger partial charge in [0.2, 0.25) is 11.8 Å². The van der Waals surface area contributed by atoms with Gasteiger partial charge < -0.3 is 10.2 Å². The summed E-state index contributed by atoms with van der Waals surface area (Å²) in [6.45, 7) is 5.48. The van der Waals surface area contributed by atoms with E-state index in [-0.39, 0.29) is 29.8 Å². The molecule has 1 N–H and O–H groups in total. The largest absolute Gasteiger partial charge is 0.352 e. The molecule has 0 aliphatic heterocycles. The van der Waals surface area contributed by atoms with Crippen molar-refractivity contribution in [2.45, 2.75) is 62.0 Å². The maximum Gasteiger partial charge on any atom is 0.264 e. The number of amides is 2. The molecule has 0 fully saturated rings. The van der Waals surface area contributed by atoms with Gasteiger partial charge in [-0.25, -0.2) is 8.42 Å². The summed E-state index contributed by atoms with van der Waals surface area (Å²) in [4.78, 5) is 30.9. The first-order valence-electron chi connectivity index (χ1n) is 15.0. The van der Waals surface area contributed by atoms with Crippen LogP contribution in [0.25, 0.3) is 0 Å². The summed E-state index contributed by atoms with van der Waals surface area (Å²) < 4.78 is 29.5. The Bertz CT molecular complexity index is 1650. The number of sulfonamides is 1. The van der Waals surface area contributed by atoms with Gasteiger partial charge in [-0.05, 0) is 74.0 Å². The van der Waals surface area contributed by atoms with Gasteiger partial charge in [0.05, 0.1) is 10.6 Å². The fraction of sp³-hybridized carbons (Fsp3) is 0.278. The molecule has 0 bridgehead atoms. The van der Waals surface area contributed by atoms with Crippen molar-refractivity contribution in [1.82, 2.24) is 10.2 Å². The maximum atomic E-state index is 14.5. The minimum atomic E-state index is -4.15. The van der Waals surface area contributed by atoms with E-state index >= 15 is 0 Å². The molecule has 0 aliphatic carbocycles. The highest BCUT2D eigenvalue weighted by Crippen LogP contribution is 2.27. The van der Waals surface area contributed by atoms with Gasteiger partial charge >= 0.3 is 0 Å². The van der Waals surface area contributed by atoms with Gasteiger partial charge in [-0.15, -0.1) is 11.8 Å². The molecule has 0 saturated heterocycles. The Hall–Kier alpha value is -4.08. The van der Waals surface area contributed by atoms with Gasteiger partial charge in [0, 0.05) is 23.9 Å². The minimum Gasteiger partial charge on any atom is -0.352 e. The lowest BCUT2D eigenvalue weighted by atomic mass is 10.0. The Kier molecular flexibility index (Phi) is 11.8. The van der Waals surface area contributed by atoms with E-state index in [0.717, 1.165) is 32.3 Å². The highest BCUT2D eigenvalue weighted by atomic mass is 32.2. The standard InChI is InChI=1S/C36H41N3O4S2/c1-5-28(3)37-36(41)34(24-29-12-8-6-9-13-29)38(25-30-14-10-7-11-15-30)35(40)26-39(31-18-16-27(2)17-19-31)45(42,43)33-22-20-32(44-4)21-23-33/h6-23,28,34H,5,24-26H2,1-4H3,(H,37,41)/t28-,34+/m1/s1. The van der Waals surface area contributed by atoms with Gasteiger partial charge in [-0.3, -0.25) is 13.9 Å². The number of hydrogen-bond acceptors (Lipinski definition) is 5. The first-order valence-corrected chi connectivity index (χ1v) is 17.7. The fourth-order valence-corrected chi connectivity index (χ4v) is 6.71. The average Bonchev–Trinajstić information content (AvgIpc) is 3.06. The molecule has 2 atom stereocenters. The summed E-state index contributed by atoms with van der Waals surface area (Å²) in [7, 11) is -4.15. The van der Waals surface area contributed by atoms with Crippen LogP contribution in [0.5, 0.6) is 0 Å². The molecule has 0 heterocycles. The molecule has 9 heteroatoms. The number of thioether (sulfide) groups is 1. The number of carbonyl (C=O) groups is 2. The zero-order chi connectivity index (χ0) is 32.4. The molecular weight excluding hydrogens is 603 g/mol. The van der Waals surface area contributed by atoms with E-state index in [2.05, 4.69) is 5.32 Å². The predicted molar refractivity (Wildman–Crippen MR) is 183 cm³/mol. The van der Waals surface area contributed by atoms with Gasteiger partial charge in [-0.1, -0.05) is 85.3 Å². The average molecular weight is 644 g/mol. The third-order valence-electron chi connectivity index (χ3n) is 7.72. The van der Waals surface area contributed by atoms with Crippen LogP contribution in [0.4, 0.5) is 5.69 Å². The van der Waals surface area contributed by atoms with Crippen molar-refractivity contribution >= 4 is 39.3 Å². The van der Waals surface area contributed by atoms with E-state index in [0.29, 0.717) is 5.69 Å². The molecule has 4 rings (SSSR count). The van der Waals surface area contributed by atoms with Crippen LogP contribution >= 0.6 is 11.8 Å². The number of benzene rings is 4. The van der Waals surface area contributed by atoms with E-state index in [1.807, 2.05) is 99.8 Å². The molecule has 0 spiro atoms. The number of aryl methyl sites for hydroxylation is 1. The van der Waals surface area contributed by atoms with Crippen molar-refractivity contribution < 1.29 is 18.0 Å². The lowest BCUT2D eigenvalue weighted by molar-refractivity contribution is -0.140. The van der Waals surface area contributed by atoms with E-state index in [1.54, 1.807) is 36.4 Å². The van der Waals surface area contributed by atoms with Crippen LogP contribution in [-0.2, 0) is 32.6 Å². The molecule has 45 heavy (non-hydrogen) atoms. The zero-order valence-corrected chi connectivity index (χ0v) is 27.9. The minimum absolute atomic E-state index is 0.0821. The smallest absolute Gasteiger partial charge is 0.264 e. The molecule has 0 aliphatic rings. The Morgan fingerprint density at radius 2 is 1.40 bits per heavy atom. The van der Waals surface area contributed by atoms with Crippen molar-refractivity contribution in [1.29, 1.82) is 0 Å². The summed E-state index contributed by atoms with van der Waals surface area (Å²) in [6, 6.07) is 31.7. The molecular formula is C36H41N3O4S2. The normalized spacial score (nSPS) is 12.6. The van der Waals surface area contributed by atoms with Crippen molar-refractivity contribution in [3.05, 3.63) is 126 Å². The topological polar surface area (TPSA) is 86.8 Å². The van der Waals surface area contributed by atoms with Crippen LogP contribution in [0.1, 0.15) is 37.0 Å². The van der Waals surface area contributed by atoms with E-state index in [1.165, 1.54) is 16.7 Å². The van der Waals surface area contributed by atoms with Crippen LogP contribution in [-0.4, -0.2) is 50.0 Å². The zero-order valence-electron chi connectivity index (χ0n) is 26.2. The summed E-state index contributed by atoms with van der Waals surface area (Å²) >= 11 is 1.51. The third-order valence-corrected chi connectivity index (χ3v) is 10.2. The lowest BCUT2D eigenvalue weighted by Gasteiger charge is -2.34. The molecule has 0 saturated carbocycles. The van der Waals surface area contributed by atoms with Crippen LogP contribution in [0.3, 0.4) is 0 Å². The molecule has 0 aromatic heterocycles. The monoisotopic (exact) mass is 643 g/mol. The van der Waals surface area contributed by atoms with Gasteiger partial charge in [0.1, 0.15) is 12.6 Å². The van der Waals surface area contributed by atoms with Crippen LogP contribution < -0.4 is 9.62 Å². The van der Waals surface area contributed by atoms with Gasteiger partial charge in [-0.2, -0.15) is 0 Å². The maximum absolute atomic E-state index is 14.5. The third kappa shape index (κ3) is 8.99. The van der Waals surface area contributed by atoms with Crippen molar-refractivity contribution in [2.24, 2.45) is 0 Å². The molecule has 7 nitrogen and oxygen atoms in total. The Morgan fingerprint density at radius 3 is 1.96 bits per heavy atom. The van der Waals surface area contributed by atoms with Crippen molar-refractivity contribution in [2.75, 3.05) is 17.1 Å². The molecule has 0 unspecified atom stereocenters. The molecule has 0 radical (unpaired) electrons.